The molecule has 0 bridgehead atoms. The molecule has 37 heavy (non-hydrogen) atoms. The van der Waals surface area contributed by atoms with E-state index in [9.17, 15) is 19.2 Å². The Hall–Kier alpha value is -3.68. The second-order valence-corrected chi connectivity index (χ2v) is 9.80. The van der Waals surface area contributed by atoms with E-state index < -0.39 is 5.69 Å². The van der Waals surface area contributed by atoms with Gasteiger partial charge >= 0.3 is 5.69 Å². The number of hydrogen-bond acceptors (Lipinski definition) is 4. The summed E-state index contributed by atoms with van der Waals surface area (Å²) in [6.45, 7) is 2.03. The van der Waals surface area contributed by atoms with Gasteiger partial charge in [0.1, 0.15) is 6.54 Å². The second kappa shape index (κ2) is 12.5. The average Bonchev–Trinajstić information content (AvgIpc) is 2.91. The molecule has 2 N–H and O–H groups in total. The van der Waals surface area contributed by atoms with E-state index in [1.165, 1.54) is 15.6 Å². The second-order valence-electron chi connectivity index (χ2n) is 9.80. The van der Waals surface area contributed by atoms with Crippen LogP contribution in [-0.4, -0.2) is 27.0 Å². The predicted octanol–water partition coefficient (Wildman–Crippen LogP) is 3.98. The van der Waals surface area contributed by atoms with Crippen LogP contribution in [-0.2, 0) is 29.1 Å². The number of anilines is 1. The zero-order valence-corrected chi connectivity index (χ0v) is 21.5. The summed E-state index contributed by atoms with van der Waals surface area (Å²) in [5.74, 6) is -0.316. The third-order valence-electron chi connectivity index (χ3n) is 7.06. The zero-order valence-electron chi connectivity index (χ0n) is 21.5. The molecule has 2 amide bonds. The highest BCUT2D eigenvalue weighted by Crippen LogP contribution is 2.17. The first-order valence-corrected chi connectivity index (χ1v) is 13.4. The lowest BCUT2D eigenvalue weighted by Gasteiger charge is -2.22. The van der Waals surface area contributed by atoms with Crippen LogP contribution in [0.15, 0.2) is 58.1 Å². The van der Waals surface area contributed by atoms with Gasteiger partial charge < -0.3 is 10.6 Å². The fourth-order valence-corrected chi connectivity index (χ4v) is 5.04. The van der Waals surface area contributed by atoms with E-state index >= 15 is 0 Å². The Balaban J connectivity index is 1.45. The van der Waals surface area contributed by atoms with Gasteiger partial charge in [0.2, 0.25) is 11.8 Å². The van der Waals surface area contributed by atoms with Crippen LogP contribution in [0.5, 0.6) is 0 Å². The summed E-state index contributed by atoms with van der Waals surface area (Å²) in [4.78, 5) is 51.6. The van der Waals surface area contributed by atoms with Crippen molar-refractivity contribution >= 4 is 28.4 Å². The number of aromatic nitrogens is 2. The first kappa shape index (κ1) is 26.4. The van der Waals surface area contributed by atoms with Gasteiger partial charge in [-0.3, -0.25) is 23.5 Å². The summed E-state index contributed by atoms with van der Waals surface area (Å²) in [5, 5.41) is 6.35. The van der Waals surface area contributed by atoms with Gasteiger partial charge in [-0.05, 0) is 61.9 Å². The quantitative estimate of drug-likeness (QED) is 0.408. The van der Waals surface area contributed by atoms with E-state index in [4.69, 9.17) is 0 Å². The monoisotopic (exact) mass is 504 g/mol. The van der Waals surface area contributed by atoms with E-state index in [0.717, 1.165) is 37.7 Å². The Kier molecular flexibility index (Phi) is 8.93. The van der Waals surface area contributed by atoms with Crippen molar-refractivity contribution in [1.82, 2.24) is 14.5 Å². The summed E-state index contributed by atoms with van der Waals surface area (Å²) >= 11 is 0. The molecule has 0 atom stereocenters. The molecule has 0 saturated heterocycles. The molecule has 8 nitrogen and oxygen atoms in total. The van der Waals surface area contributed by atoms with Crippen molar-refractivity contribution < 1.29 is 9.59 Å². The number of para-hydroxylation sites is 1. The maximum absolute atomic E-state index is 13.3. The van der Waals surface area contributed by atoms with Crippen molar-refractivity contribution in [2.24, 2.45) is 0 Å². The molecule has 1 saturated carbocycles. The number of benzene rings is 2. The maximum Gasteiger partial charge on any atom is 0.331 e. The molecule has 3 aromatic rings. The molecule has 1 aromatic heterocycles. The highest BCUT2D eigenvalue weighted by Gasteiger charge is 2.17. The molecule has 1 aliphatic carbocycles. The fourth-order valence-electron chi connectivity index (χ4n) is 5.04. The summed E-state index contributed by atoms with van der Waals surface area (Å²) in [6, 6.07) is 14.7. The molecule has 0 spiro atoms. The van der Waals surface area contributed by atoms with Gasteiger partial charge in [-0.2, -0.15) is 0 Å². The number of carbonyl (C=O) groups excluding carboxylic acids is 2. The Morgan fingerprint density at radius 3 is 2.49 bits per heavy atom. The summed E-state index contributed by atoms with van der Waals surface area (Å²) in [5.41, 5.74) is 1.30. The lowest BCUT2D eigenvalue weighted by Crippen LogP contribution is -2.41. The number of carbonyl (C=O) groups is 2. The van der Waals surface area contributed by atoms with Crippen LogP contribution in [0.4, 0.5) is 5.69 Å². The third-order valence-corrected chi connectivity index (χ3v) is 7.06. The molecule has 1 heterocycles. The average molecular weight is 505 g/mol. The van der Waals surface area contributed by atoms with Gasteiger partial charge in [0.15, 0.2) is 0 Å². The zero-order chi connectivity index (χ0) is 26.2. The Bertz CT molecular complexity index is 1370. The van der Waals surface area contributed by atoms with Crippen LogP contribution in [0.3, 0.4) is 0 Å². The largest absolute Gasteiger partial charge is 0.353 e. The first-order valence-electron chi connectivity index (χ1n) is 13.4. The number of nitrogens with zero attached hydrogens (tertiary/aromatic N) is 2. The van der Waals surface area contributed by atoms with Gasteiger partial charge in [-0.25, -0.2) is 4.79 Å². The van der Waals surface area contributed by atoms with Crippen LogP contribution in [0.25, 0.3) is 10.9 Å². The van der Waals surface area contributed by atoms with Crippen molar-refractivity contribution in [2.75, 3.05) is 5.32 Å². The number of fused-ring (bicyclic) bond motifs is 1. The van der Waals surface area contributed by atoms with Crippen molar-refractivity contribution in [3.05, 3.63) is 74.9 Å². The molecule has 196 valence electrons. The number of rotatable bonds is 10. The molecule has 0 unspecified atom stereocenters. The number of nitrogens with one attached hydrogen (secondary N) is 2. The summed E-state index contributed by atoms with van der Waals surface area (Å²) in [6.07, 6.45) is 7.93. The Morgan fingerprint density at radius 1 is 0.919 bits per heavy atom. The van der Waals surface area contributed by atoms with Crippen molar-refractivity contribution in [2.45, 2.75) is 83.8 Å². The van der Waals surface area contributed by atoms with Crippen LogP contribution >= 0.6 is 0 Å². The van der Waals surface area contributed by atoms with Crippen LogP contribution in [0.2, 0.25) is 0 Å². The molecule has 8 heteroatoms. The Morgan fingerprint density at radius 2 is 1.70 bits per heavy atom. The van der Waals surface area contributed by atoms with E-state index in [-0.39, 0.29) is 36.5 Å². The van der Waals surface area contributed by atoms with Gasteiger partial charge in [0, 0.05) is 24.7 Å². The van der Waals surface area contributed by atoms with Gasteiger partial charge in [0.25, 0.3) is 5.56 Å². The summed E-state index contributed by atoms with van der Waals surface area (Å²) in [7, 11) is 0. The SMILES string of the molecule is CCc1cccc(NC(=O)Cn2c(=O)n(CCCCC(=O)NC3CCCCC3)c(=O)c3ccccc32)c1. The molecule has 0 aliphatic heterocycles. The maximum atomic E-state index is 13.3. The standard InChI is InChI=1S/C29H36N4O4/c1-2-21-11-10-14-23(19-21)31-27(35)20-33-25-16-7-6-15-24(25)28(36)32(29(33)37)18-9-8-17-26(34)30-22-12-4-3-5-13-22/h6-7,10-11,14-16,19,22H,2-5,8-9,12-13,17-18,20H2,1H3,(H,30,34)(H,31,35). The van der Waals surface area contributed by atoms with E-state index in [0.29, 0.717) is 35.9 Å². The number of hydrogen-bond donors (Lipinski definition) is 2. The van der Waals surface area contributed by atoms with Crippen LogP contribution in [0, 0.1) is 0 Å². The highest BCUT2D eigenvalue weighted by molar-refractivity contribution is 5.91. The van der Waals surface area contributed by atoms with Crippen molar-refractivity contribution in [3.8, 4) is 0 Å². The van der Waals surface area contributed by atoms with Gasteiger partial charge in [0.05, 0.1) is 10.9 Å². The van der Waals surface area contributed by atoms with Crippen LogP contribution in [0.1, 0.15) is 63.9 Å². The lowest BCUT2D eigenvalue weighted by molar-refractivity contribution is -0.122. The molecule has 0 radical (unpaired) electrons. The molecular formula is C29H36N4O4. The minimum absolute atomic E-state index is 0.0268. The van der Waals surface area contributed by atoms with Gasteiger partial charge in [-0.1, -0.05) is 50.5 Å². The van der Waals surface area contributed by atoms with Crippen molar-refractivity contribution in [3.63, 3.8) is 0 Å². The number of unbranched alkanes of at least 4 members (excludes halogenated alkanes) is 1. The molecule has 2 aromatic carbocycles. The number of amides is 2. The summed E-state index contributed by atoms with van der Waals surface area (Å²) < 4.78 is 2.54. The van der Waals surface area contributed by atoms with Crippen LogP contribution < -0.4 is 21.9 Å². The first-order chi connectivity index (χ1) is 18.0. The van der Waals surface area contributed by atoms with E-state index in [1.54, 1.807) is 24.3 Å². The third kappa shape index (κ3) is 6.76. The molecule has 1 fully saturated rings. The number of aryl methyl sites for hydroxylation is 1. The van der Waals surface area contributed by atoms with Gasteiger partial charge in [-0.15, -0.1) is 0 Å². The molecule has 4 rings (SSSR count). The van der Waals surface area contributed by atoms with Crippen molar-refractivity contribution in [1.29, 1.82) is 0 Å². The smallest absolute Gasteiger partial charge is 0.331 e. The normalized spacial score (nSPS) is 14.0. The van der Waals surface area contributed by atoms with E-state index in [2.05, 4.69) is 10.6 Å². The fraction of sp³-hybridized carbons (Fsp3) is 0.448. The minimum atomic E-state index is -0.521. The lowest BCUT2D eigenvalue weighted by atomic mass is 9.95. The Labute approximate surface area is 216 Å². The highest BCUT2D eigenvalue weighted by atomic mass is 16.2. The predicted molar refractivity (Wildman–Crippen MR) is 146 cm³/mol. The molecule has 1 aliphatic rings. The molecular weight excluding hydrogens is 468 g/mol. The topological polar surface area (TPSA) is 102 Å². The van der Waals surface area contributed by atoms with E-state index in [1.807, 2.05) is 31.2 Å². The minimum Gasteiger partial charge on any atom is -0.353 e.